The normalized spacial score (nSPS) is 12.9. The standard InChI is InChI=1S/C21H27NO5S/c1-15(10-11-23)20(16-4-3-5-18(14-16)26-13-12-24)27-21(25)22-17-6-8-19(28-2)9-7-17/h3-9,14-15,20,23-24H,10-13H2,1-2H3,(H,22,25)/t15-,20+/m0/s1. The van der Waals surface area contributed by atoms with E-state index in [1.165, 1.54) is 0 Å². The zero-order valence-corrected chi connectivity index (χ0v) is 16.9. The van der Waals surface area contributed by atoms with Crippen molar-refractivity contribution in [1.29, 1.82) is 0 Å². The molecule has 0 spiro atoms. The van der Waals surface area contributed by atoms with Crippen molar-refractivity contribution >= 4 is 23.5 Å². The Morgan fingerprint density at radius 2 is 1.89 bits per heavy atom. The number of carbonyl (C=O) groups is 1. The van der Waals surface area contributed by atoms with E-state index in [1.54, 1.807) is 23.9 Å². The van der Waals surface area contributed by atoms with E-state index < -0.39 is 12.2 Å². The van der Waals surface area contributed by atoms with Crippen LogP contribution in [0.5, 0.6) is 5.75 Å². The summed E-state index contributed by atoms with van der Waals surface area (Å²) < 4.78 is 11.2. The highest BCUT2D eigenvalue weighted by molar-refractivity contribution is 7.98. The highest BCUT2D eigenvalue weighted by atomic mass is 32.2. The summed E-state index contributed by atoms with van der Waals surface area (Å²) in [6, 6.07) is 14.7. The van der Waals surface area contributed by atoms with E-state index in [0.29, 0.717) is 17.9 Å². The molecule has 0 aromatic heterocycles. The van der Waals surface area contributed by atoms with Gasteiger partial charge in [0.15, 0.2) is 0 Å². The number of ether oxygens (including phenoxy) is 2. The summed E-state index contributed by atoms with van der Waals surface area (Å²) in [6.07, 6.45) is 1.37. The smallest absolute Gasteiger partial charge is 0.412 e. The Kier molecular flexibility index (Phi) is 9.13. The molecule has 152 valence electrons. The van der Waals surface area contributed by atoms with Crippen LogP contribution in [0, 0.1) is 5.92 Å². The molecular weight excluding hydrogens is 378 g/mol. The molecule has 28 heavy (non-hydrogen) atoms. The van der Waals surface area contributed by atoms with Gasteiger partial charge in [-0.05, 0) is 60.6 Å². The third-order valence-corrected chi connectivity index (χ3v) is 4.96. The molecule has 2 aromatic rings. The second-order valence-corrected chi connectivity index (χ2v) is 7.19. The van der Waals surface area contributed by atoms with Gasteiger partial charge in [-0.1, -0.05) is 19.1 Å². The maximum atomic E-state index is 12.5. The third-order valence-electron chi connectivity index (χ3n) is 4.22. The Bertz CT molecular complexity index is 738. The van der Waals surface area contributed by atoms with Gasteiger partial charge in [-0.15, -0.1) is 11.8 Å². The van der Waals surface area contributed by atoms with Crippen molar-refractivity contribution in [2.45, 2.75) is 24.3 Å². The van der Waals surface area contributed by atoms with Crippen LogP contribution >= 0.6 is 11.8 Å². The lowest BCUT2D eigenvalue weighted by molar-refractivity contribution is 0.0665. The lowest BCUT2D eigenvalue weighted by atomic mass is 9.94. The number of amides is 1. The van der Waals surface area contributed by atoms with E-state index in [1.807, 2.05) is 49.6 Å². The van der Waals surface area contributed by atoms with E-state index in [-0.39, 0.29) is 25.7 Å². The Hall–Kier alpha value is -2.22. The van der Waals surface area contributed by atoms with Crippen LogP contribution in [0.15, 0.2) is 53.4 Å². The molecule has 0 aliphatic heterocycles. The van der Waals surface area contributed by atoms with Gasteiger partial charge in [0.2, 0.25) is 0 Å². The van der Waals surface area contributed by atoms with Crippen LogP contribution in [0.4, 0.5) is 10.5 Å². The Morgan fingerprint density at radius 3 is 2.54 bits per heavy atom. The first-order valence-electron chi connectivity index (χ1n) is 9.13. The number of thioether (sulfide) groups is 1. The zero-order chi connectivity index (χ0) is 20.4. The van der Waals surface area contributed by atoms with Crippen LogP contribution in [0.2, 0.25) is 0 Å². The summed E-state index contributed by atoms with van der Waals surface area (Å²) in [5, 5.41) is 21.0. The van der Waals surface area contributed by atoms with E-state index in [9.17, 15) is 9.90 Å². The van der Waals surface area contributed by atoms with Gasteiger partial charge in [0.25, 0.3) is 0 Å². The third kappa shape index (κ3) is 6.74. The summed E-state index contributed by atoms with van der Waals surface area (Å²) in [5.41, 5.74) is 1.42. The van der Waals surface area contributed by atoms with E-state index in [4.69, 9.17) is 14.6 Å². The van der Waals surface area contributed by atoms with Crippen molar-refractivity contribution < 1.29 is 24.5 Å². The SMILES string of the molecule is CSc1ccc(NC(=O)O[C@@H](c2cccc(OCCO)c2)[C@@H](C)CCO)cc1. The van der Waals surface area contributed by atoms with Crippen LogP contribution in [-0.2, 0) is 4.74 Å². The molecule has 0 heterocycles. The molecule has 0 unspecified atom stereocenters. The Labute approximate surface area is 169 Å². The second-order valence-electron chi connectivity index (χ2n) is 6.31. The van der Waals surface area contributed by atoms with Crippen molar-refractivity contribution in [1.82, 2.24) is 0 Å². The van der Waals surface area contributed by atoms with Gasteiger partial charge in [0.05, 0.1) is 6.61 Å². The topological polar surface area (TPSA) is 88.0 Å². The molecule has 0 saturated carbocycles. The maximum absolute atomic E-state index is 12.5. The first-order valence-corrected chi connectivity index (χ1v) is 10.4. The van der Waals surface area contributed by atoms with Gasteiger partial charge in [0, 0.05) is 17.2 Å². The highest BCUT2D eigenvalue weighted by Crippen LogP contribution is 2.31. The molecule has 0 bridgehead atoms. The van der Waals surface area contributed by atoms with Gasteiger partial charge >= 0.3 is 6.09 Å². The molecular formula is C21H27NO5S. The van der Waals surface area contributed by atoms with Crippen LogP contribution in [0.1, 0.15) is 25.0 Å². The van der Waals surface area contributed by atoms with Gasteiger partial charge in [-0.25, -0.2) is 4.79 Å². The number of aliphatic hydroxyl groups excluding tert-OH is 2. The number of nitrogens with one attached hydrogen (secondary N) is 1. The molecule has 3 N–H and O–H groups in total. The molecule has 2 rings (SSSR count). The summed E-state index contributed by atoms with van der Waals surface area (Å²) in [6.45, 7) is 2.03. The van der Waals surface area contributed by atoms with Crippen LogP contribution in [0.25, 0.3) is 0 Å². The van der Waals surface area contributed by atoms with Crippen molar-refractivity contribution in [3.8, 4) is 5.75 Å². The largest absolute Gasteiger partial charge is 0.491 e. The lowest BCUT2D eigenvalue weighted by Gasteiger charge is -2.24. The molecule has 6 nitrogen and oxygen atoms in total. The summed E-state index contributed by atoms with van der Waals surface area (Å²) in [5.74, 6) is 0.493. The van der Waals surface area contributed by atoms with Gasteiger partial charge in [0.1, 0.15) is 18.5 Å². The molecule has 0 saturated heterocycles. The Balaban J connectivity index is 2.12. The summed E-state index contributed by atoms with van der Waals surface area (Å²) in [4.78, 5) is 13.6. The molecule has 0 aliphatic carbocycles. The minimum atomic E-state index is -0.562. The van der Waals surface area contributed by atoms with Gasteiger partial charge in [-0.2, -0.15) is 0 Å². The van der Waals surface area contributed by atoms with Crippen molar-refractivity contribution in [2.24, 2.45) is 5.92 Å². The van der Waals surface area contributed by atoms with E-state index >= 15 is 0 Å². The maximum Gasteiger partial charge on any atom is 0.412 e. The van der Waals surface area contributed by atoms with Crippen LogP contribution in [0.3, 0.4) is 0 Å². The number of hydrogen-bond acceptors (Lipinski definition) is 6. The Morgan fingerprint density at radius 1 is 1.14 bits per heavy atom. The summed E-state index contributed by atoms with van der Waals surface area (Å²) >= 11 is 1.63. The van der Waals surface area contributed by atoms with Crippen LogP contribution in [-0.4, -0.2) is 42.4 Å². The number of rotatable bonds is 10. The molecule has 1 amide bonds. The summed E-state index contributed by atoms with van der Waals surface area (Å²) in [7, 11) is 0. The molecule has 2 atom stereocenters. The molecule has 0 aliphatic rings. The monoisotopic (exact) mass is 405 g/mol. The number of aliphatic hydroxyl groups is 2. The predicted molar refractivity (Wildman–Crippen MR) is 111 cm³/mol. The van der Waals surface area contributed by atoms with Crippen molar-refractivity contribution in [3.05, 3.63) is 54.1 Å². The number of hydrogen-bond donors (Lipinski definition) is 3. The van der Waals surface area contributed by atoms with E-state index in [0.717, 1.165) is 10.5 Å². The molecule has 0 fully saturated rings. The highest BCUT2D eigenvalue weighted by Gasteiger charge is 2.24. The fraction of sp³-hybridized carbons (Fsp3) is 0.381. The van der Waals surface area contributed by atoms with Crippen LogP contribution < -0.4 is 10.1 Å². The van der Waals surface area contributed by atoms with Gasteiger partial charge < -0.3 is 19.7 Å². The lowest BCUT2D eigenvalue weighted by Crippen LogP contribution is -2.22. The average molecular weight is 406 g/mol. The van der Waals surface area contributed by atoms with Crippen molar-refractivity contribution in [2.75, 3.05) is 31.4 Å². The zero-order valence-electron chi connectivity index (χ0n) is 16.1. The number of anilines is 1. The predicted octanol–water partition coefficient (Wildman–Crippen LogP) is 4.09. The fourth-order valence-electron chi connectivity index (χ4n) is 2.75. The molecule has 7 heteroatoms. The quantitative estimate of drug-likeness (QED) is 0.516. The number of carbonyl (C=O) groups excluding carboxylic acids is 1. The van der Waals surface area contributed by atoms with E-state index in [2.05, 4.69) is 5.32 Å². The number of benzene rings is 2. The molecule has 2 aromatic carbocycles. The minimum Gasteiger partial charge on any atom is -0.491 e. The minimum absolute atomic E-state index is 0.000501. The first kappa shape index (κ1) is 22.1. The van der Waals surface area contributed by atoms with Gasteiger partial charge in [-0.3, -0.25) is 5.32 Å². The first-order chi connectivity index (χ1) is 13.6. The van der Waals surface area contributed by atoms with Crippen molar-refractivity contribution in [3.63, 3.8) is 0 Å². The second kappa shape index (κ2) is 11.6. The molecule has 0 radical (unpaired) electrons. The fourth-order valence-corrected chi connectivity index (χ4v) is 3.16. The average Bonchev–Trinajstić information content (AvgIpc) is 2.71.